The Balaban J connectivity index is 2.56. The Kier molecular flexibility index (Phi) is 4.61. The van der Waals surface area contributed by atoms with Gasteiger partial charge in [-0.15, -0.1) is 11.6 Å². The van der Waals surface area contributed by atoms with Crippen molar-refractivity contribution in [2.75, 3.05) is 23.9 Å². The summed E-state index contributed by atoms with van der Waals surface area (Å²) in [5.74, 6) is 1.75. The second-order valence-corrected chi connectivity index (χ2v) is 3.19. The van der Waals surface area contributed by atoms with Gasteiger partial charge in [0.05, 0.1) is 0 Å². The minimum absolute atomic E-state index is 0.712. The van der Waals surface area contributed by atoms with Crippen LogP contribution in [0.5, 0.6) is 0 Å². The molecule has 0 fully saturated rings. The Labute approximate surface area is 84.5 Å². The van der Waals surface area contributed by atoms with E-state index >= 15 is 0 Å². The third-order valence-corrected chi connectivity index (χ3v) is 2.18. The molecule has 1 rings (SSSR count). The standard InChI is InChI=1S/C10H15ClN2/c1-2-13(9-5-7-11)10-6-3-4-8-12-10/h3-4,6,8H,2,5,7,9H2,1H3. The van der Waals surface area contributed by atoms with Gasteiger partial charge in [0, 0.05) is 25.2 Å². The van der Waals surface area contributed by atoms with Crippen LogP contribution in [-0.2, 0) is 0 Å². The highest BCUT2D eigenvalue weighted by molar-refractivity contribution is 6.17. The van der Waals surface area contributed by atoms with E-state index in [0.717, 1.165) is 25.3 Å². The SMILES string of the molecule is CCN(CCCCl)c1ccccn1. The predicted molar refractivity (Wildman–Crippen MR) is 57.5 cm³/mol. The Hall–Kier alpha value is -0.760. The molecule has 1 aromatic heterocycles. The molecule has 0 N–H and O–H groups in total. The summed E-state index contributed by atoms with van der Waals surface area (Å²) in [6, 6.07) is 5.96. The topological polar surface area (TPSA) is 16.1 Å². The van der Waals surface area contributed by atoms with Crippen molar-refractivity contribution in [1.82, 2.24) is 4.98 Å². The van der Waals surface area contributed by atoms with Crippen molar-refractivity contribution in [3.63, 3.8) is 0 Å². The van der Waals surface area contributed by atoms with Crippen LogP contribution in [0.2, 0.25) is 0 Å². The fourth-order valence-corrected chi connectivity index (χ4v) is 1.35. The molecule has 0 bridgehead atoms. The molecule has 0 aliphatic heterocycles. The molecule has 72 valence electrons. The Morgan fingerprint density at radius 2 is 2.31 bits per heavy atom. The first-order valence-electron chi connectivity index (χ1n) is 4.60. The number of halogens is 1. The van der Waals surface area contributed by atoms with Crippen LogP contribution < -0.4 is 4.90 Å². The largest absolute Gasteiger partial charge is 0.357 e. The van der Waals surface area contributed by atoms with Crippen molar-refractivity contribution in [3.05, 3.63) is 24.4 Å². The van der Waals surface area contributed by atoms with E-state index in [-0.39, 0.29) is 0 Å². The fraction of sp³-hybridized carbons (Fsp3) is 0.500. The molecule has 0 saturated carbocycles. The van der Waals surface area contributed by atoms with E-state index in [2.05, 4.69) is 16.8 Å². The minimum Gasteiger partial charge on any atom is -0.357 e. The average molecular weight is 199 g/mol. The van der Waals surface area contributed by atoms with E-state index < -0.39 is 0 Å². The van der Waals surface area contributed by atoms with Crippen molar-refractivity contribution >= 4 is 17.4 Å². The number of alkyl halides is 1. The Morgan fingerprint density at radius 3 is 2.85 bits per heavy atom. The normalized spacial score (nSPS) is 10.0. The molecule has 3 heteroatoms. The maximum atomic E-state index is 5.64. The Bertz CT molecular complexity index is 226. The first-order chi connectivity index (χ1) is 6.38. The van der Waals surface area contributed by atoms with Gasteiger partial charge in [0.25, 0.3) is 0 Å². The van der Waals surface area contributed by atoms with Crippen molar-refractivity contribution < 1.29 is 0 Å². The molecular weight excluding hydrogens is 184 g/mol. The van der Waals surface area contributed by atoms with Crippen molar-refractivity contribution in [2.24, 2.45) is 0 Å². The van der Waals surface area contributed by atoms with Gasteiger partial charge in [-0.05, 0) is 25.5 Å². The Morgan fingerprint density at radius 1 is 1.46 bits per heavy atom. The molecule has 1 aromatic rings. The average Bonchev–Trinajstić information content (AvgIpc) is 2.21. The minimum atomic E-state index is 0.712. The fourth-order valence-electron chi connectivity index (χ4n) is 1.23. The molecule has 0 aromatic carbocycles. The quantitative estimate of drug-likeness (QED) is 0.676. The molecule has 0 amide bonds. The monoisotopic (exact) mass is 198 g/mol. The number of nitrogens with zero attached hydrogens (tertiary/aromatic N) is 2. The summed E-state index contributed by atoms with van der Waals surface area (Å²) in [5, 5.41) is 0. The van der Waals surface area contributed by atoms with Gasteiger partial charge < -0.3 is 4.90 Å². The van der Waals surface area contributed by atoms with Crippen molar-refractivity contribution in [2.45, 2.75) is 13.3 Å². The number of aromatic nitrogens is 1. The number of hydrogen-bond donors (Lipinski definition) is 0. The molecule has 13 heavy (non-hydrogen) atoms. The van der Waals surface area contributed by atoms with E-state index in [1.807, 2.05) is 24.4 Å². The predicted octanol–water partition coefficient (Wildman–Crippen LogP) is 2.54. The van der Waals surface area contributed by atoms with Crippen LogP contribution in [0.4, 0.5) is 5.82 Å². The summed E-state index contributed by atoms with van der Waals surface area (Å²) < 4.78 is 0. The van der Waals surface area contributed by atoms with Gasteiger partial charge in [-0.1, -0.05) is 6.07 Å². The lowest BCUT2D eigenvalue weighted by Crippen LogP contribution is -2.24. The molecule has 0 aliphatic rings. The lowest BCUT2D eigenvalue weighted by molar-refractivity contribution is 0.782. The van der Waals surface area contributed by atoms with E-state index in [4.69, 9.17) is 11.6 Å². The third-order valence-electron chi connectivity index (χ3n) is 1.92. The van der Waals surface area contributed by atoms with Gasteiger partial charge in [0.1, 0.15) is 5.82 Å². The summed E-state index contributed by atoms with van der Waals surface area (Å²) in [6.07, 6.45) is 2.82. The second-order valence-electron chi connectivity index (χ2n) is 2.81. The summed E-state index contributed by atoms with van der Waals surface area (Å²) in [7, 11) is 0. The molecule has 1 heterocycles. The number of hydrogen-bond acceptors (Lipinski definition) is 2. The van der Waals surface area contributed by atoms with E-state index in [9.17, 15) is 0 Å². The maximum absolute atomic E-state index is 5.64. The van der Waals surface area contributed by atoms with Gasteiger partial charge >= 0.3 is 0 Å². The van der Waals surface area contributed by atoms with Gasteiger partial charge in [-0.3, -0.25) is 0 Å². The smallest absolute Gasteiger partial charge is 0.128 e. The highest BCUT2D eigenvalue weighted by Gasteiger charge is 2.02. The second kappa shape index (κ2) is 5.81. The summed E-state index contributed by atoms with van der Waals surface area (Å²) in [6.45, 7) is 4.09. The van der Waals surface area contributed by atoms with Crippen molar-refractivity contribution in [3.8, 4) is 0 Å². The number of anilines is 1. The van der Waals surface area contributed by atoms with Crippen LogP contribution in [0.3, 0.4) is 0 Å². The highest BCUT2D eigenvalue weighted by atomic mass is 35.5. The van der Waals surface area contributed by atoms with Gasteiger partial charge in [-0.25, -0.2) is 4.98 Å². The molecule has 0 radical (unpaired) electrons. The third kappa shape index (κ3) is 3.23. The molecule has 0 unspecified atom stereocenters. The molecule has 0 saturated heterocycles. The van der Waals surface area contributed by atoms with Crippen LogP contribution >= 0.6 is 11.6 Å². The van der Waals surface area contributed by atoms with E-state index in [1.54, 1.807) is 0 Å². The lowest BCUT2D eigenvalue weighted by Gasteiger charge is -2.20. The lowest BCUT2D eigenvalue weighted by atomic mass is 10.3. The summed E-state index contributed by atoms with van der Waals surface area (Å²) in [5.41, 5.74) is 0. The maximum Gasteiger partial charge on any atom is 0.128 e. The highest BCUT2D eigenvalue weighted by Crippen LogP contribution is 2.08. The van der Waals surface area contributed by atoms with E-state index in [1.165, 1.54) is 0 Å². The first-order valence-corrected chi connectivity index (χ1v) is 5.14. The zero-order valence-corrected chi connectivity index (χ0v) is 8.67. The van der Waals surface area contributed by atoms with Crippen LogP contribution in [0.25, 0.3) is 0 Å². The zero-order valence-electron chi connectivity index (χ0n) is 7.91. The van der Waals surface area contributed by atoms with Crippen LogP contribution in [0.15, 0.2) is 24.4 Å². The number of rotatable bonds is 5. The summed E-state index contributed by atoms with van der Waals surface area (Å²) in [4.78, 5) is 6.51. The first kappa shape index (κ1) is 10.3. The van der Waals surface area contributed by atoms with E-state index in [0.29, 0.717) is 5.88 Å². The molecule has 0 aliphatic carbocycles. The molecule has 2 nitrogen and oxygen atoms in total. The van der Waals surface area contributed by atoms with Gasteiger partial charge in [-0.2, -0.15) is 0 Å². The van der Waals surface area contributed by atoms with Crippen molar-refractivity contribution in [1.29, 1.82) is 0 Å². The molecule has 0 spiro atoms. The van der Waals surface area contributed by atoms with Crippen LogP contribution in [0.1, 0.15) is 13.3 Å². The molecular formula is C10H15ClN2. The zero-order chi connectivity index (χ0) is 9.52. The van der Waals surface area contributed by atoms with Crippen LogP contribution in [-0.4, -0.2) is 24.0 Å². The number of pyridine rings is 1. The summed E-state index contributed by atoms with van der Waals surface area (Å²) >= 11 is 5.64. The van der Waals surface area contributed by atoms with Crippen LogP contribution in [0, 0.1) is 0 Å². The van der Waals surface area contributed by atoms with Gasteiger partial charge in [0.2, 0.25) is 0 Å². The molecule has 0 atom stereocenters. The van der Waals surface area contributed by atoms with Gasteiger partial charge in [0.15, 0.2) is 0 Å².